The lowest BCUT2D eigenvalue weighted by Crippen LogP contribution is -2.07. The van der Waals surface area contributed by atoms with Gasteiger partial charge in [0.15, 0.2) is 17.5 Å². The first-order valence-corrected chi connectivity index (χ1v) is 21.3. The van der Waals surface area contributed by atoms with Crippen molar-refractivity contribution in [2.24, 2.45) is 0 Å². The molecule has 0 N–H and O–H groups in total. The van der Waals surface area contributed by atoms with Crippen molar-refractivity contribution in [2.75, 3.05) is 0 Å². The maximum absolute atomic E-state index is 5.40. The Labute approximate surface area is 355 Å². The van der Waals surface area contributed by atoms with Crippen molar-refractivity contribution >= 4 is 66.1 Å². The van der Waals surface area contributed by atoms with Crippen molar-refractivity contribution < 1.29 is 0 Å². The van der Waals surface area contributed by atoms with Crippen LogP contribution in [0.15, 0.2) is 210 Å². The molecule has 1 aliphatic rings. The summed E-state index contributed by atoms with van der Waals surface area (Å²) >= 11 is 1.84. The molecule has 0 atom stereocenters. The zero-order chi connectivity index (χ0) is 40.0. The second kappa shape index (κ2) is 13.4. The average molecular weight is 796 g/mol. The summed E-state index contributed by atoms with van der Waals surface area (Å²) < 4.78 is 4.90. The number of para-hydroxylation sites is 4. The van der Waals surface area contributed by atoms with Gasteiger partial charge < -0.3 is 0 Å². The van der Waals surface area contributed by atoms with Crippen LogP contribution in [0.2, 0.25) is 0 Å². The summed E-state index contributed by atoms with van der Waals surface area (Å²) in [7, 11) is 0. The highest BCUT2D eigenvalue weighted by atomic mass is 32.2. The smallest absolute Gasteiger partial charge is 0.166 e. The molecule has 6 heteroatoms. The topological polar surface area (TPSA) is 48.5 Å². The van der Waals surface area contributed by atoms with Gasteiger partial charge in [0.25, 0.3) is 0 Å². The summed E-state index contributed by atoms with van der Waals surface area (Å²) in [4.78, 5) is 18.5. The summed E-state index contributed by atoms with van der Waals surface area (Å²) in [5, 5.41) is 8.42. The third-order valence-corrected chi connectivity index (χ3v) is 13.2. The zero-order valence-corrected chi connectivity index (χ0v) is 33.5. The van der Waals surface area contributed by atoms with E-state index < -0.39 is 0 Å². The summed E-state index contributed by atoms with van der Waals surface area (Å²) in [5.74, 6) is 1.85. The van der Waals surface area contributed by atoms with E-state index in [0.717, 1.165) is 44.7 Å². The Balaban J connectivity index is 1.09. The fraction of sp³-hybridized carbons (Fsp3) is 0. The number of hydrogen-bond donors (Lipinski definition) is 0. The summed E-state index contributed by atoms with van der Waals surface area (Å²) in [6.07, 6.45) is 0. The van der Waals surface area contributed by atoms with Gasteiger partial charge in [0.2, 0.25) is 0 Å². The molecule has 13 rings (SSSR count). The van der Waals surface area contributed by atoms with Crippen LogP contribution in [-0.2, 0) is 0 Å². The molecule has 0 fully saturated rings. The molecule has 0 radical (unpaired) electrons. The first-order valence-electron chi connectivity index (χ1n) is 20.5. The van der Waals surface area contributed by atoms with Gasteiger partial charge in [-0.25, -0.2) is 15.0 Å². The van der Waals surface area contributed by atoms with Crippen LogP contribution in [0, 0.1) is 0 Å². The Kier molecular flexibility index (Phi) is 7.47. The van der Waals surface area contributed by atoms with Crippen molar-refractivity contribution in [2.45, 2.75) is 9.79 Å². The van der Waals surface area contributed by atoms with Crippen LogP contribution in [0.1, 0.15) is 0 Å². The Morgan fingerprint density at radius 1 is 0.361 bits per heavy atom. The Hall–Kier alpha value is -7.80. The second-order valence-electron chi connectivity index (χ2n) is 15.6. The highest BCUT2D eigenvalue weighted by molar-refractivity contribution is 7.99. The van der Waals surface area contributed by atoms with E-state index in [0.29, 0.717) is 17.5 Å². The van der Waals surface area contributed by atoms with E-state index >= 15 is 0 Å². The van der Waals surface area contributed by atoms with Gasteiger partial charge in [-0.1, -0.05) is 163 Å². The van der Waals surface area contributed by atoms with Crippen LogP contribution in [0.4, 0.5) is 0 Å². The molecule has 61 heavy (non-hydrogen) atoms. The Morgan fingerprint density at radius 2 is 0.967 bits per heavy atom. The molecule has 1 aliphatic heterocycles. The fourth-order valence-electron chi connectivity index (χ4n) is 9.39. The minimum absolute atomic E-state index is 0.607. The third-order valence-electron chi connectivity index (χ3n) is 12.1. The highest BCUT2D eigenvalue weighted by Crippen LogP contribution is 2.50. The van der Waals surface area contributed by atoms with Crippen molar-refractivity contribution in [1.29, 1.82) is 0 Å². The van der Waals surface area contributed by atoms with Crippen LogP contribution < -0.4 is 0 Å². The van der Waals surface area contributed by atoms with E-state index in [1.54, 1.807) is 0 Å². The van der Waals surface area contributed by atoms with Gasteiger partial charge in [-0.15, -0.1) is 0 Å². The molecule has 0 aliphatic carbocycles. The van der Waals surface area contributed by atoms with Crippen molar-refractivity contribution in [1.82, 2.24) is 24.1 Å². The van der Waals surface area contributed by atoms with Gasteiger partial charge in [-0.05, 0) is 81.2 Å². The maximum Gasteiger partial charge on any atom is 0.166 e. The van der Waals surface area contributed by atoms with Crippen LogP contribution in [0.5, 0.6) is 0 Å². The average Bonchev–Trinajstić information content (AvgIpc) is 3.85. The molecule has 0 unspecified atom stereocenters. The van der Waals surface area contributed by atoms with Gasteiger partial charge in [0.1, 0.15) is 5.65 Å². The monoisotopic (exact) mass is 795 g/mol. The molecule has 0 saturated heterocycles. The van der Waals surface area contributed by atoms with Crippen molar-refractivity contribution in [3.8, 4) is 56.7 Å². The lowest BCUT2D eigenvalue weighted by Gasteiger charge is -2.21. The first kappa shape index (κ1) is 34.1. The molecule has 4 heterocycles. The van der Waals surface area contributed by atoms with Crippen LogP contribution in [-0.4, -0.2) is 24.1 Å². The van der Waals surface area contributed by atoms with Gasteiger partial charge >= 0.3 is 0 Å². The summed E-state index contributed by atoms with van der Waals surface area (Å²) in [6, 6.07) is 71.3. The molecule has 3 aromatic heterocycles. The van der Waals surface area contributed by atoms with E-state index in [-0.39, 0.29) is 0 Å². The molecule has 0 bridgehead atoms. The SMILES string of the molecule is c1ccc(-c2cccc(-c3nc(-c4ccc5ccc6ccccc6c5c4)nc(-c4ccccc4-n4c5ccccc5c5c6cccc7c6n(c54)-c4ccccc4S7)n3)c2)cc1. The summed E-state index contributed by atoms with van der Waals surface area (Å²) in [5.41, 5.74) is 10.7. The highest BCUT2D eigenvalue weighted by Gasteiger charge is 2.29. The summed E-state index contributed by atoms with van der Waals surface area (Å²) in [6.45, 7) is 0. The minimum Gasteiger partial charge on any atom is -0.294 e. The molecule has 12 aromatic rings. The first-order chi connectivity index (χ1) is 30.2. The quantitative estimate of drug-likeness (QED) is 0.163. The van der Waals surface area contributed by atoms with Crippen LogP contribution >= 0.6 is 11.8 Å². The van der Waals surface area contributed by atoms with Crippen LogP contribution in [0.25, 0.3) is 111 Å². The molecule has 0 saturated carbocycles. The van der Waals surface area contributed by atoms with E-state index in [4.69, 9.17) is 15.0 Å². The number of aromatic nitrogens is 5. The van der Waals surface area contributed by atoms with E-state index in [9.17, 15) is 0 Å². The van der Waals surface area contributed by atoms with E-state index in [1.807, 2.05) is 17.8 Å². The molecular weight excluding hydrogens is 763 g/mol. The number of benzene rings is 9. The largest absolute Gasteiger partial charge is 0.294 e. The molecular formula is C55H33N5S. The minimum atomic E-state index is 0.607. The standard InChI is InChI=1S/C55H33N5S/c1-2-14-34(15-3-1)37-17-12-18-38(32-37)52-56-53(39-31-30-36-29-28-35-16-4-5-19-40(35)44(36)33-39)58-54(57-52)42-21-7-9-24-46(42)59-45-23-8-6-20-41(45)50-43-22-13-27-49-51(43)60(55(50)59)47-25-10-11-26-48(47)61-49/h1-33H. The number of nitrogens with zero attached hydrogens (tertiary/aromatic N) is 5. The molecule has 9 aromatic carbocycles. The lowest BCUT2D eigenvalue weighted by molar-refractivity contribution is 1.02. The molecule has 0 amide bonds. The molecule has 284 valence electrons. The van der Waals surface area contributed by atoms with Gasteiger partial charge in [-0.2, -0.15) is 0 Å². The number of fused-ring (bicyclic) bond motifs is 10. The molecule has 5 nitrogen and oxygen atoms in total. The van der Waals surface area contributed by atoms with E-state index in [1.165, 1.54) is 58.7 Å². The van der Waals surface area contributed by atoms with Gasteiger partial charge in [-0.3, -0.25) is 9.13 Å². The zero-order valence-electron chi connectivity index (χ0n) is 32.7. The van der Waals surface area contributed by atoms with Crippen molar-refractivity contribution in [3.63, 3.8) is 0 Å². The predicted octanol–water partition coefficient (Wildman–Crippen LogP) is 14.4. The van der Waals surface area contributed by atoms with Gasteiger partial charge in [0, 0.05) is 42.6 Å². The lowest BCUT2D eigenvalue weighted by atomic mass is 9.99. The number of hydrogen-bond acceptors (Lipinski definition) is 4. The third kappa shape index (κ3) is 5.26. The normalized spacial score (nSPS) is 12.2. The van der Waals surface area contributed by atoms with Gasteiger partial charge in [0.05, 0.1) is 22.4 Å². The van der Waals surface area contributed by atoms with Crippen molar-refractivity contribution in [3.05, 3.63) is 200 Å². The van der Waals surface area contributed by atoms with E-state index in [2.05, 4.69) is 203 Å². The molecule has 0 spiro atoms. The Morgan fingerprint density at radius 3 is 1.85 bits per heavy atom. The maximum atomic E-state index is 5.40. The van der Waals surface area contributed by atoms with Crippen LogP contribution in [0.3, 0.4) is 0 Å². The Bertz CT molecular complexity index is 3750. The predicted molar refractivity (Wildman–Crippen MR) is 252 cm³/mol. The fourth-order valence-corrected chi connectivity index (χ4v) is 10.5. The second-order valence-corrected chi connectivity index (χ2v) is 16.7. The number of rotatable bonds is 5.